The van der Waals surface area contributed by atoms with Crippen LogP contribution in [0.15, 0.2) is 24.3 Å². The molecule has 18 heavy (non-hydrogen) atoms. The molecule has 100 valence electrons. The van der Waals surface area contributed by atoms with Gasteiger partial charge in [-0.3, -0.25) is 4.79 Å². The van der Waals surface area contributed by atoms with Crippen molar-refractivity contribution < 1.29 is 4.79 Å². The van der Waals surface area contributed by atoms with E-state index in [1.165, 1.54) is 5.56 Å². The first kappa shape index (κ1) is 14.7. The van der Waals surface area contributed by atoms with E-state index in [-0.39, 0.29) is 11.8 Å². The van der Waals surface area contributed by atoms with Crippen LogP contribution in [0.2, 0.25) is 0 Å². The van der Waals surface area contributed by atoms with E-state index in [0.29, 0.717) is 13.0 Å². The maximum absolute atomic E-state index is 12.5. The molecule has 3 nitrogen and oxygen atoms in total. The largest absolute Gasteiger partial charge is 0.343 e. The fourth-order valence-electron chi connectivity index (χ4n) is 2.24. The van der Waals surface area contributed by atoms with Gasteiger partial charge in [-0.2, -0.15) is 0 Å². The van der Waals surface area contributed by atoms with Gasteiger partial charge in [-0.25, -0.2) is 0 Å². The number of amides is 1. The number of aryl methyl sites for hydroxylation is 1. The minimum Gasteiger partial charge on any atom is -0.343 e. The van der Waals surface area contributed by atoms with Gasteiger partial charge in [-0.05, 0) is 39.3 Å². The summed E-state index contributed by atoms with van der Waals surface area (Å²) < 4.78 is 0. The van der Waals surface area contributed by atoms with E-state index in [1.807, 2.05) is 43.9 Å². The second-order valence-corrected chi connectivity index (χ2v) is 4.55. The van der Waals surface area contributed by atoms with Gasteiger partial charge in [0.05, 0.1) is 5.92 Å². The quantitative estimate of drug-likeness (QED) is 0.839. The Kier molecular flexibility index (Phi) is 5.86. The molecule has 1 aromatic rings. The van der Waals surface area contributed by atoms with Crippen LogP contribution >= 0.6 is 0 Å². The minimum absolute atomic E-state index is 0.102. The van der Waals surface area contributed by atoms with Crippen LogP contribution in [0.25, 0.3) is 0 Å². The average Bonchev–Trinajstić information content (AvgIpc) is 2.37. The number of rotatable bonds is 6. The maximum Gasteiger partial charge on any atom is 0.230 e. The van der Waals surface area contributed by atoms with Gasteiger partial charge < -0.3 is 10.6 Å². The number of hydrogen-bond acceptors (Lipinski definition) is 2. The van der Waals surface area contributed by atoms with Crippen LogP contribution in [-0.4, -0.2) is 30.4 Å². The zero-order chi connectivity index (χ0) is 13.5. The van der Waals surface area contributed by atoms with Gasteiger partial charge in [-0.15, -0.1) is 0 Å². The molecule has 0 heterocycles. The lowest BCUT2D eigenvalue weighted by Gasteiger charge is -2.25. The fraction of sp³-hybridized carbons (Fsp3) is 0.533. The zero-order valence-electron chi connectivity index (χ0n) is 11.6. The summed E-state index contributed by atoms with van der Waals surface area (Å²) >= 11 is 0. The Bertz CT molecular complexity index is 386. The molecule has 0 spiro atoms. The number of nitrogens with zero attached hydrogens (tertiary/aromatic N) is 1. The van der Waals surface area contributed by atoms with Gasteiger partial charge in [0.15, 0.2) is 0 Å². The molecule has 1 rings (SSSR count). The molecular formula is C15H24N2O. The summed E-state index contributed by atoms with van der Waals surface area (Å²) in [6, 6.07) is 8.16. The molecule has 0 aromatic heterocycles. The van der Waals surface area contributed by atoms with Crippen molar-refractivity contribution in [3.8, 4) is 0 Å². The Morgan fingerprint density at radius 2 is 2.00 bits per heavy atom. The number of benzene rings is 1. The van der Waals surface area contributed by atoms with Crippen LogP contribution in [0.3, 0.4) is 0 Å². The van der Waals surface area contributed by atoms with Crippen LogP contribution in [0.5, 0.6) is 0 Å². The van der Waals surface area contributed by atoms with Crippen molar-refractivity contribution in [2.24, 2.45) is 5.73 Å². The lowest BCUT2D eigenvalue weighted by molar-refractivity contribution is -0.132. The Balaban J connectivity index is 2.98. The van der Waals surface area contributed by atoms with Crippen molar-refractivity contribution in [1.29, 1.82) is 0 Å². The number of carbonyl (C=O) groups excluding carboxylic acids is 1. The third-order valence-electron chi connectivity index (χ3n) is 3.27. The highest BCUT2D eigenvalue weighted by atomic mass is 16.2. The van der Waals surface area contributed by atoms with E-state index in [4.69, 9.17) is 5.73 Å². The summed E-state index contributed by atoms with van der Waals surface area (Å²) in [5, 5.41) is 0. The van der Waals surface area contributed by atoms with Crippen LogP contribution in [0.4, 0.5) is 0 Å². The number of nitrogens with two attached hydrogens (primary N) is 1. The Morgan fingerprint density at radius 3 is 2.50 bits per heavy atom. The van der Waals surface area contributed by atoms with Crippen molar-refractivity contribution in [1.82, 2.24) is 4.90 Å². The molecule has 3 heteroatoms. The predicted molar refractivity (Wildman–Crippen MR) is 75.5 cm³/mol. The minimum atomic E-state index is -0.102. The summed E-state index contributed by atoms with van der Waals surface area (Å²) in [6.07, 6.45) is 0.707. The molecule has 0 aliphatic rings. The first-order valence-corrected chi connectivity index (χ1v) is 6.69. The molecule has 1 unspecified atom stereocenters. The third kappa shape index (κ3) is 3.57. The van der Waals surface area contributed by atoms with Crippen molar-refractivity contribution in [2.45, 2.75) is 33.1 Å². The van der Waals surface area contributed by atoms with Crippen molar-refractivity contribution in [3.63, 3.8) is 0 Å². The number of carbonyl (C=O) groups is 1. The van der Waals surface area contributed by atoms with Crippen LogP contribution in [-0.2, 0) is 4.79 Å². The number of hydrogen-bond donors (Lipinski definition) is 1. The van der Waals surface area contributed by atoms with E-state index in [2.05, 4.69) is 6.07 Å². The van der Waals surface area contributed by atoms with Crippen molar-refractivity contribution >= 4 is 5.91 Å². The van der Waals surface area contributed by atoms with E-state index in [0.717, 1.165) is 18.7 Å². The molecule has 0 saturated heterocycles. The second-order valence-electron chi connectivity index (χ2n) is 4.55. The van der Waals surface area contributed by atoms with Crippen LogP contribution in [0.1, 0.15) is 37.3 Å². The molecule has 2 N–H and O–H groups in total. The topological polar surface area (TPSA) is 46.3 Å². The lowest BCUT2D eigenvalue weighted by Crippen LogP contribution is -2.35. The van der Waals surface area contributed by atoms with Crippen LogP contribution < -0.4 is 5.73 Å². The monoisotopic (exact) mass is 248 g/mol. The molecule has 0 fully saturated rings. The highest BCUT2D eigenvalue weighted by molar-refractivity contribution is 5.83. The summed E-state index contributed by atoms with van der Waals surface area (Å²) in [5.41, 5.74) is 7.92. The van der Waals surface area contributed by atoms with Gasteiger partial charge in [-0.1, -0.05) is 29.8 Å². The maximum atomic E-state index is 12.5. The number of likely N-dealkylation sites (N-methyl/N-ethyl adjacent to an activating group) is 1. The standard InChI is InChI=1S/C15H24N2O/c1-4-17(5-2)15(18)14(9-10-16)13-8-6-7-12(3)11-13/h6-8,11,14H,4-5,9-10,16H2,1-3H3. The van der Waals surface area contributed by atoms with E-state index in [1.54, 1.807) is 0 Å². The third-order valence-corrected chi connectivity index (χ3v) is 3.27. The van der Waals surface area contributed by atoms with Crippen molar-refractivity contribution in [3.05, 3.63) is 35.4 Å². The summed E-state index contributed by atoms with van der Waals surface area (Å²) in [5.74, 6) is 0.0888. The average molecular weight is 248 g/mol. The Hall–Kier alpha value is -1.35. The highest BCUT2D eigenvalue weighted by Gasteiger charge is 2.23. The van der Waals surface area contributed by atoms with Gasteiger partial charge in [0.25, 0.3) is 0 Å². The van der Waals surface area contributed by atoms with E-state index in [9.17, 15) is 4.79 Å². The molecule has 0 saturated carbocycles. The fourth-order valence-corrected chi connectivity index (χ4v) is 2.24. The summed E-state index contributed by atoms with van der Waals surface area (Å²) in [6.45, 7) is 8.11. The smallest absolute Gasteiger partial charge is 0.230 e. The van der Waals surface area contributed by atoms with Gasteiger partial charge in [0.1, 0.15) is 0 Å². The predicted octanol–water partition coefficient (Wildman–Crippen LogP) is 2.30. The molecule has 1 aromatic carbocycles. The molecule has 1 amide bonds. The molecule has 0 aliphatic carbocycles. The summed E-state index contributed by atoms with van der Waals surface area (Å²) in [7, 11) is 0. The zero-order valence-corrected chi connectivity index (χ0v) is 11.6. The first-order chi connectivity index (χ1) is 8.63. The van der Waals surface area contributed by atoms with E-state index < -0.39 is 0 Å². The molecule has 0 aliphatic heterocycles. The Morgan fingerprint density at radius 1 is 1.33 bits per heavy atom. The van der Waals surface area contributed by atoms with Crippen molar-refractivity contribution in [2.75, 3.05) is 19.6 Å². The van der Waals surface area contributed by atoms with Gasteiger partial charge in [0.2, 0.25) is 5.91 Å². The molecular weight excluding hydrogens is 224 g/mol. The van der Waals surface area contributed by atoms with E-state index >= 15 is 0 Å². The van der Waals surface area contributed by atoms with Gasteiger partial charge in [0, 0.05) is 13.1 Å². The van der Waals surface area contributed by atoms with Gasteiger partial charge >= 0.3 is 0 Å². The highest BCUT2D eigenvalue weighted by Crippen LogP contribution is 2.22. The lowest BCUT2D eigenvalue weighted by atomic mass is 9.93. The second kappa shape index (κ2) is 7.17. The molecule has 1 atom stereocenters. The summed E-state index contributed by atoms with van der Waals surface area (Å²) in [4.78, 5) is 14.4. The molecule has 0 bridgehead atoms. The molecule has 0 radical (unpaired) electrons. The Labute approximate surface area is 110 Å². The normalized spacial score (nSPS) is 12.2. The van der Waals surface area contributed by atoms with Crippen LogP contribution in [0, 0.1) is 6.92 Å². The first-order valence-electron chi connectivity index (χ1n) is 6.69. The SMILES string of the molecule is CCN(CC)C(=O)C(CCN)c1cccc(C)c1.